The van der Waals surface area contributed by atoms with Crippen molar-refractivity contribution in [3.8, 4) is 0 Å². The number of rotatable bonds is 1. The van der Waals surface area contributed by atoms with Crippen molar-refractivity contribution in [2.24, 2.45) is 5.92 Å². The zero-order valence-corrected chi connectivity index (χ0v) is 11.8. The van der Waals surface area contributed by atoms with E-state index in [4.69, 9.17) is 9.47 Å². The van der Waals surface area contributed by atoms with Gasteiger partial charge in [0, 0.05) is 19.8 Å². The molecule has 3 aliphatic heterocycles. The SMILES string of the molecule is OC1(C2CCOC3(CCSCC3)C2)CCOCC1. The highest BCUT2D eigenvalue weighted by molar-refractivity contribution is 7.99. The first-order valence-corrected chi connectivity index (χ1v) is 8.40. The maximum Gasteiger partial charge on any atom is 0.0721 e. The number of hydrogen-bond acceptors (Lipinski definition) is 4. The second kappa shape index (κ2) is 5.31. The van der Waals surface area contributed by atoms with Crippen molar-refractivity contribution >= 4 is 11.8 Å². The van der Waals surface area contributed by atoms with Crippen molar-refractivity contribution in [2.75, 3.05) is 31.3 Å². The van der Waals surface area contributed by atoms with Crippen LogP contribution in [0.3, 0.4) is 0 Å². The van der Waals surface area contributed by atoms with Crippen molar-refractivity contribution in [3.05, 3.63) is 0 Å². The van der Waals surface area contributed by atoms with Gasteiger partial charge in [0.25, 0.3) is 0 Å². The Kier molecular flexibility index (Phi) is 3.90. The topological polar surface area (TPSA) is 38.7 Å². The zero-order chi connectivity index (χ0) is 12.5. The van der Waals surface area contributed by atoms with Crippen LogP contribution in [0.4, 0.5) is 0 Å². The summed E-state index contributed by atoms with van der Waals surface area (Å²) in [6.45, 7) is 2.27. The lowest BCUT2D eigenvalue weighted by atomic mass is 9.71. The number of aliphatic hydroxyl groups is 1. The van der Waals surface area contributed by atoms with Crippen LogP contribution in [0.1, 0.15) is 38.5 Å². The van der Waals surface area contributed by atoms with Gasteiger partial charge in [0.05, 0.1) is 11.2 Å². The summed E-state index contributed by atoms with van der Waals surface area (Å²) in [5.74, 6) is 2.85. The Labute approximate surface area is 114 Å². The summed E-state index contributed by atoms with van der Waals surface area (Å²) in [5, 5.41) is 10.9. The second-order valence-electron chi connectivity index (χ2n) is 6.05. The van der Waals surface area contributed by atoms with Gasteiger partial charge in [-0.1, -0.05) is 0 Å². The van der Waals surface area contributed by atoms with E-state index in [1.807, 2.05) is 11.8 Å². The monoisotopic (exact) mass is 272 g/mol. The average Bonchev–Trinajstić information content (AvgIpc) is 2.41. The Morgan fingerprint density at radius 1 is 1.00 bits per heavy atom. The minimum atomic E-state index is -0.486. The maximum atomic E-state index is 10.9. The molecule has 0 aromatic carbocycles. The van der Waals surface area contributed by atoms with E-state index >= 15 is 0 Å². The van der Waals surface area contributed by atoms with E-state index in [9.17, 15) is 5.11 Å². The molecule has 18 heavy (non-hydrogen) atoms. The number of thioether (sulfide) groups is 1. The van der Waals surface area contributed by atoms with Gasteiger partial charge in [0.15, 0.2) is 0 Å². The van der Waals surface area contributed by atoms with Crippen LogP contribution in [-0.2, 0) is 9.47 Å². The Bertz CT molecular complexity index is 264. The zero-order valence-electron chi connectivity index (χ0n) is 11.0. The Balaban J connectivity index is 1.69. The third kappa shape index (κ3) is 2.58. The molecule has 0 aromatic heterocycles. The maximum absolute atomic E-state index is 10.9. The summed E-state index contributed by atoms with van der Waals surface area (Å²) in [6.07, 6.45) is 6.03. The molecule has 4 heteroatoms. The van der Waals surface area contributed by atoms with Crippen LogP contribution >= 0.6 is 11.8 Å². The highest BCUT2D eigenvalue weighted by Gasteiger charge is 2.46. The Hall–Kier alpha value is 0.230. The molecule has 0 aliphatic carbocycles. The summed E-state index contributed by atoms with van der Waals surface area (Å²) < 4.78 is 11.5. The predicted octanol–water partition coefficient (Wildman–Crippen LogP) is 2.22. The third-order valence-corrected chi connectivity index (χ3v) is 6.00. The molecule has 3 fully saturated rings. The fraction of sp³-hybridized carbons (Fsp3) is 1.00. The van der Waals surface area contributed by atoms with Crippen LogP contribution in [-0.4, -0.2) is 47.6 Å². The average molecular weight is 272 g/mol. The minimum absolute atomic E-state index is 0.0855. The van der Waals surface area contributed by atoms with Gasteiger partial charge in [-0.2, -0.15) is 11.8 Å². The molecule has 0 amide bonds. The molecule has 1 atom stereocenters. The molecule has 1 N–H and O–H groups in total. The van der Waals surface area contributed by atoms with Gasteiger partial charge in [0.1, 0.15) is 0 Å². The van der Waals surface area contributed by atoms with Gasteiger partial charge in [-0.15, -0.1) is 0 Å². The summed E-state index contributed by atoms with van der Waals surface area (Å²) in [6, 6.07) is 0. The van der Waals surface area contributed by atoms with Crippen molar-refractivity contribution in [2.45, 2.75) is 49.7 Å². The third-order valence-electron chi connectivity index (χ3n) is 5.02. The first-order valence-electron chi connectivity index (χ1n) is 7.24. The largest absolute Gasteiger partial charge is 0.389 e. The summed E-state index contributed by atoms with van der Waals surface area (Å²) in [7, 11) is 0. The molecular weight excluding hydrogens is 248 g/mol. The molecule has 0 radical (unpaired) electrons. The summed E-state index contributed by atoms with van der Waals surface area (Å²) in [5.41, 5.74) is -0.401. The van der Waals surface area contributed by atoms with E-state index in [0.29, 0.717) is 5.92 Å². The summed E-state index contributed by atoms with van der Waals surface area (Å²) in [4.78, 5) is 0. The highest BCUT2D eigenvalue weighted by atomic mass is 32.2. The van der Waals surface area contributed by atoms with Crippen molar-refractivity contribution < 1.29 is 14.6 Å². The molecule has 3 saturated heterocycles. The molecule has 104 valence electrons. The molecule has 0 saturated carbocycles. The van der Waals surface area contributed by atoms with Gasteiger partial charge in [-0.25, -0.2) is 0 Å². The van der Waals surface area contributed by atoms with Crippen LogP contribution in [0.15, 0.2) is 0 Å². The molecule has 3 nitrogen and oxygen atoms in total. The van der Waals surface area contributed by atoms with E-state index in [1.165, 1.54) is 24.3 Å². The Morgan fingerprint density at radius 3 is 2.44 bits per heavy atom. The highest BCUT2D eigenvalue weighted by Crippen LogP contribution is 2.45. The van der Waals surface area contributed by atoms with Crippen LogP contribution in [0.2, 0.25) is 0 Å². The molecule has 0 aromatic rings. The minimum Gasteiger partial charge on any atom is -0.389 e. The van der Waals surface area contributed by atoms with Crippen LogP contribution < -0.4 is 0 Å². The lowest BCUT2D eigenvalue weighted by Crippen LogP contribution is -2.51. The fourth-order valence-electron chi connectivity index (χ4n) is 3.71. The van der Waals surface area contributed by atoms with Crippen LogP contribution in [0.5, 0.6) is 0 Å². The van der Waals surface area contributed by atoms with Crippen molar-refractivity contribution in [3.63, 3.8) is 0 Å². The van der Waals surface area contributed by atoms with E-state index in [-0.39, 0.29) is 5.60 Å². The lowest BCUT2D eigenvalue weighted by Gasteiger charge is -2.49. The van der Waals surface area contributed by atoms with Crippen LogP contribution in [0, 0.1) is 5.92 Å². The normalized spacial score (nSPS) is 35.5. The lowest BCUT2D eigenvalue weighted by molar-refractivity contribution is -0.168. The first-order chi connectivity index (χ1) is 8.73. The van der Waals surface area contributed by atoms with Gasteiger partial charge in [-0.3, -0.25) is 0 Å². The van der Waals surface area contributed by atoms with E-state index in [2.05, 4.69) is 0 Å². The van der Waals surface area contributed by atoms with Gasteiger partial charge in [-0.05, 0) is 55.9 Å². The van der Waals surface area contributed by atoms with Crippen molar-refractivity contribution in [1.29, 1.82) is 0 Å². The van der Waals surface area contributed by atoms with E-state index in [0.717, 1.165) is 45.5 Å². The fourth-order valence-corrected chi connectivity index (χ4v) is 4.95. The van der Waals surface area contributed by atoms with Gasteiger partial charge in [0.2, 0.25) is 0 Å². The van der Waals surface area contributed by atoms with Crippen LogP contribution in [0.25, 0.3) is 0 Å². The quantitative estimate of drug-likeness (QED) is 0.794. The molecule has 1 spiro atoms. The van der Waals surface area contributed by atoms with Crippen molar-refractivity contribution in [1.82, 2.24) is 0 Å². The van der Waals surface area contributed by atoms with Gasteiger partial charge < -0.3 is 14.6 Å². The summed E-state index contributed by atoms with van der Waals surface area (Å²) >= 11 is 2.04. The molecule has 0 bridgehead atoms. The van der Waals surface area contributed by atoms with Gasteiger partial charge >= 0.3 is 0 Å². The predicted molar refractivity (Wildman–Crippen MR) is 73.0 cm³/mol. The standard InChI is InChI=1S/C14H24O3S/c15-14(2-7-16-8-3-14)12-1-6-17-13(11-12)4-9-18-10-5-13/h12,15H,1-11H2. The first kappa shape index (κ1) is 13.2. The Morgan fingerprint density at radius 2 is 1.72 bits per heavy atom. The molecule has 3 heterocycles. The number of hydrogen-bond donors (Lipinski definition) is 1. The molecule has 1 unspecified atom stereocenters. The number of ether oxygens (including phenoxy) is 2. The molecule has 3 rings (SSSR count). The second-order valence-corrected chi connectivity index (χ2v) is 7.27. The van der Waals surface area contributed by atoms with E-state index in [1.54, 1.807) is 0 Å². The van der Waals surface area contributed by atoms with E-state index < -0.39 is 5.60 Å². The molecular formula is C14H24O3S. The smallest absolute Gasteiger partial charge is 0.0721 e. The molecule has 3 aliphatic rings.